The minimum Gasteiger partial charge on any atom is -0.398 e. The molecule has 0 aliphatic heterocycles. The van der Waals surface area contributed by atoms with Gasteiger partial charge in [-0.3, -0.25) is 4.79 Å². The third-order valence-electron chi connectivity index (χ3n) is 2.60. The Kier molecular flexibility index (Phi) is 5.79. The van der Waals surface area contributed by atoms with Crippen molar-refractivity contribution in [2.24, 2.45) is 0 Å². The van der Waals surface area contributed by atoms with Gasteiger partial charge in [-0.15, -0.1) is 0 Å². The van der Waals surface area contributed by atoms with Crippen molar-refractivity contribution in [1.29, 1.82) is 0 Å². The molecule has 0 bridgehead atoms. The van der Waals surface area contributed by atoms with Gasteiger partial charge in [0, 0.05) is 18.6 Å². The van der Waals surface area contributed by atoms with Crippen LogP contribution >= 0.6 is 11.6 Å². The Labute approximate surface area is 123 Å². The van der Waals surface area contributed by atoms with Gasteiger partial charge in [0.2, 0.25) is 15.9 Å². The van der Waals surface area contributed by atoms with E-state index in [1.165, 1.54) is 25.2 Å². The lowest BCUT2D eigenvalue weighted by Crippen LogP contribution is -2.38. The molecule has 0 unspecified atom stereocenters. The maximum Gasteiger partial charge on any atom is 0.245 e. The lowest BCUT2D eigenvalue weighted by molar-refractivity contribution is -0.121. The first-order valence-electron chi connectivity index (χ1n) is 6.07. The summed E-state index contributed by atoms with van der Waals surface area (Å²) in [7, 11) is -2.53. The summed E-state index contributed by atoms with van der Waals surface area (Å²) in [5.41, 5.74) is 5.75. The number of anilines is 1. The number of sulfonamides is 1. The number of nitrogen functional groups attached to an aromatic ring is 1. The number of likely N-dealkylation sites (N-methyl/N-ethyl adjacent to an activating group) is 1. The average molecular weight is 320 g/mol. The van der Waals surface area contributed by atoms with E-state index in [1.54, 1.807) is 0 Å². The van der Waals surface area contributed by atoms with Crippen LogP contribution in [0, 0.1) is 0 Å². The van der Waals surface area contributed by atoms with Crippen LogP contribution in [0.5, 0.6) is 0 Å². The minimum absolute atomic E-state index is 0.0928. The molecular formula is C12H18ClN3O3S. The molecule has 3 N–H and O–H groups in total. The van der Waals surface area contributed by atoms with E-state index in [0.29, 0.717) is 6.54 Å². The van der Waals surface area contributed by atoms with Gasteiger partial charge in [-0.05, 0) is 24.6 Å². The SMILES string of the molecule is CCCNC(=O)CN(C)S(=O)(=O)c1cc(Cl)ccc1N. The molecule has 0 fully saturated rings. The van der Waals surface area contributed by atoms with E-state index in [2.05, 4.69) is 5.32 Å². The van der Waals surface area contributed by atoms with Crippen LogP contribution in [0.3, 0.4) is 0 Å². The van der Waals surface area contributed by atoms with E-state index in [4.69, 9.17) is 17.3 Å². The summed E-state index contributed by atoms with van der Waals surface area (Å²) < 4.78 is 25.6. The van der Waals surface area contributed by atoms with Crippen molar-refractivity contribution in [2.45, 2.75) is 18.2 Å². The van der Waals surface area contributed by atoms with Gasteiger partial charge in [0.1, 0.15) is 4.90 Å². The Hall–Kier alpha value is -1.31. The number of benzene rings is 1. The zero-order valence-electron chi connectivity index (χ0n) is 11.4. The predicted molar refractivity (Wildman–Crippen MR) is 79.0 cm³/mol. The van der Waals surface area contributed by atoms with E-state index in [-0.39, 0.29) is 28.1 Å². The number of amides is 1. The Bertz CT molecular complexity index is 590. The van der Waals surface area contributed by atoms with Crippen LogP contribution < -0.4 is 11.1 Å². The number of carbonyl (C=O) groups is 1. The number of nitrogens with one attached hydrogen (secondary N) is 1. The van der Waals surface area contributed by atoms with Gasteiger partial charge in [0.15, 0.2) is 0 Å². The van der Waals surface area contributed by atoms with Crippen molar-refractivity contribution in [1.82, 2.24) is 9.62 Å². The highest BCUT2D eigenvalue weighted by atomic mass is 35.5. The maximum absolute atomic E-state index is 12.3. The molecule has 0 saturated carbocycles. The minimum atomic E-state index is -3.85. The molecule has 0 aliphatic rings. The summed E-state index contributed by atoms with van der Waals surface area (Å²) in [5.74, 6) is -0.362. The first kappa shape index (κ1) is 16.7. The van der Waals surface area contributed by atoms with Gasteiger partial charge in [0.05, 0.1) is 12.2 Å². The molecule has 20 heavy (non-hydrogen) atoms. The van der Waals surface area contributed by atoms with Crippen LogP contribution in [0.25, 0.3) is 0 Å². The van der Waals surface area contributed by atoms with Crippen molar-refractivity contribution in [2.75, 3.05) is 25.9 Å². The average Bonchev–Trinajstić information content (AvgIpc) is 2.38. The van der Waals surface area contributed by atoms with Crippen molar-refractivity contribution in [3.8, 4) is 0 Å². The summed E-state index contributed by atoms with van der Waals surface area (Å²) >= 11 is 5.78. The fourth-order valence-electron chi connectivity index (χ4n) is 1.51. The van der Waals surface area contributed by atoms with Crippen molar-refractivity contribution in [3.63, 3.8) is 0 Å². The molecule has 0 aliphatic carbocycles. The summed E-state index contributed by atoms with van der Waals surface area (Å²) in [6.45, 7) is 2.15. The van der Waals surface area contributed by atoms with Crippen LogP contribution in [0.2, 0.25) is 5.02 Å². The second kappa shape index (κ2) is 6.92. The lowest BCUT2D eigenvalue weighted by atomic mass is 10.3. The molecule has 1 rings (SSSR count). The van der Waals surface area contributed by atoms with Crippen molar-refractivity contribution in [3.05, 3.63) is 23.2 Å². The smallest absolute Gasteiger partial charge is 0.245 e. The summed E-state index contributed by atoms with van der Waals surface area (Å²) in [6.07, 6.45) is 0.781. The van der Waals surface area contributed by atoms with Gasteiger partial charge < -0.3 is 11.1 Å². The third-order valence-corrected chi connectivity index (χ3v) is 4.70. The fourth-order valence-corrected chi connectivity index (χ4v) is 3.01. The highest BCUT2D eigenvalue weighted by Gasteiger charge is 2.25. The van der Waals surface area contributed by atoms with Gasteiger partial charge in [-0.25, -0.2) is 8.42 Å². The molecule has 0 atom stereocenters. The van der Waals surface area contributed by atoms with Crippen molar-refractivity contribution >= 4 is 33.2 Å². The second-order valence-corrected chi connectivity index (χ2v) is 6.74. The first-order chi connectivity index (χ1) is 9.28. The number of halogens is 1. The highest BCUT2D eigenvalue weighted by molar-refractivity contribution is 7.89. The molecule has 0 saturated heterocycles. The van der Waals surface area contributed by atoms with Crippen LogP contribution in [0.4, 0.5) is 5.69 Å². The zero-order chi connectivity index (χ0) is 15.3. The third kappa shape index (κ3) is 4.09. The summed E-state index contributed by atoms with van der Waals surface area (Å²) in [6, 6.07) is 4.19. The van der Waals surface area contributed by atoms with Gasteiger partial charge in [0.25, 0.3) is 0 Å². The molecular weight excluding hydrogens is 302 g/mol. The normalized spacial score (nSPS) is 11.6. The number of carbonyl (C=O) groups excluding carboxylic acids is 1. The molecule has 112 valence electrons. The standard InChI is InChI=1S/C12H18ClN3O3S/c1-3-6-15-12(17)8-16(2)20(18,19)11-7-9(13)4-5-10(11)14/h4-5,7H,3,6,8,14H2,1-2H3,(H,15,17). The van der Waals surface area contributed by atoms with Crippen molar-refractivity contribution < 1.29 is 13.2 Å². The molecule has 1 aromatic carbocycles. The predicted octanol–water partition coefficient (Wildman–Crippen LogP) is 1.07. The Balaban J connectivity index is 2.93. The summed E-state index contributed by atoms with van der Waals surface area (Å²) in [5, 5.41) is 2.88. The topological polar surface area (TPSA) is 92.5 Å². The lowest BCUT2D eigenvalue weighted by Gasteiger charge is -2.18. The largest absolute Gasteiger partial charge is 0.398 e. The molecule has 0 heterocycles. The van der Waals surface area contributed by atoms with Gasteiger partial charge in [-0.2, -0.15) is 4.31 Å². The molecule has 8 heteroatoms. The Morgan fingerprint density at radius 3 is 2.70 bits per heavy atom. The molecule has 6 nitrogen and oxygen atoms in total. The van der Waals surface area contributed by atoms with Gasteiger partial charge >= 0.3 is 0 Å². The monoisotopic (exact) mass is 319 g/mol. The van der Waals surface area contributed by atoms with Crippen LogP contribution in [-0.2, 0) is 14.8 Å². The van der Waals surface area contributed by atoms with E-state index < -0.39 is 10.0 Å². The second-order valence-electron chi connectivity index (χ2n) is 4.29. The molecule has 1 amide bonds. The van der Waals surface area contributed by atoms with E-state index in [9.17, 15) is 13.2 Å². The van der Waals surface area contributed by atoms with Crippen LogP contribution in [0.1, 0.15) is 13.3 Å². The molecule has 1 aromatic rings. The maximum atomic E-state index is 12.3. The fraction of sp³-hybridized carbons (Fsp3) is 0.417. The highest BCUT2D eigenvalue weighted by Crippen LogP contribution is 2.24. The Morgan fingerprint density at radius 2 is 2.10 bits per heavy atom. The first-order valence-corrected chi connectivity index (χ1v) is 7.89. The quantitative estimate of drug-likeness (QED) is 0.767. The van der Waals surface area contributed by atoms with E-state index in [0.717, 1.165) is 10.7 Å². The molecule has 0 spiro atoms. The summed E-state index contributed by atoms with van der Waals surface area (Å²) in [4.78, 5) is 11.5. The number of hydrogen-bond acceptors (Lipinski definition) is 4. The van der Waals surface area contributed by atoms with Gasteiger partial charge in [-0.1, -0.05) is 18.5 Å². The number of nitrogens with two attached hydrogens (primary N) is 1. The Morgan fingerprint density at radius 1 is 1.45 bits per heavy atom. The van der Waals surface area contributed by atoms with E-state index in [1.807, 2.05) is 6.92 Å². The van der Waals surface area contributed by atoms with Crippen LogP contribution in [-0.4, -0.2) is 38.8 Å². The molecule has 0 radical (unpaired) electrons. The number of nitrogens with zero attached hydrogens (tertiary/aromatic N) is 1. The molecule has 0 aromatic heterocycles. The van der Waals surface area contributed by atoms with Crippen LogP contribution in [0.15, 0.2) is 23.1 Å². The number of rotatable bonds is 6. The number of hydrogen-bond donors (Lipinski definition) is 2. The van der Waals surface area contributed by atoms with E-state index >= 15 is 0 Å². The zero-order valence-corrected chi connectivity index (χ0v) is 13.0.